The van der Waals surface area contributed by atoms with Crippen LogP contribution in [0.3, 0.4) is 0 Å². The largest absolute Gasteiger partial charge is 0.488 e. The smallest absolute Gasteiger partial charge is 0.258 e. The average Bonchev–Trinajstić information content (AvgIpc) is 3.60. The number of ether oxygens (including phenoxy) is 2. The molecule has 0 N–H and O–H groups in total. The van der Waals surface area contributed by atoms with Crippen molar-refractivity contribution in [3.8, 4) is 11.6 Å². The lowest BCUT2D eigenvalue weighted by molar-refractivity contribution is 0.154. The lowest BCUT2D eigenvalue weighted by Gasteiger charge is -2.37. The van der Waals surface area contributed by atoms with Crippen molar-refractivity contribution in [1.82, 2.24) is 4.98 Å². The fourth-order valence-electron chi connectivity index (χ4n) is 5.81. The number of pyridine rings is 1. The molecule has 1 aromatic heterocycles. The van der Waals surface area contributed by atoms with Crippen molar-refractivity contribution < 1.29 is 13.9 Å². The van der Waals surface area contributed by atoms with Gasteiger partial charge < -0.3 is 9.47 Å². The molecule has 1 atom stereocenters. The number of aromatic nitrogens is 1. The Morgan fingerprint density at radius 3 is 2.26 bits per heavy atom. The van der Waals surface area contributed by atoms with Gasteiger partial charge in [-0.3, -0.25) is 0 Å². The monoisotopic (exact) mass is 427 g/mol. The maximum absolute atomic E-state index is 14.1. The quantitative estimate of drug-likeness (QED) is 0.311. The maximum atomic E-state index is 14.1. The van der Waals surface area contributed by atoms with Crippen molar-refractivity contribution in [2.75, 3.05) is 13.2 Å². The summed E-state index contributed by atoms with van der Waals surface area (Å²) < 4.78 is 25.4. The highest BCUT2D eigenvalue weighted by molar-refractivity contribution is 5.25. The normalized spacial score (nSPS) is 29.2. The van der Waals surface area contributed by atoms with E-state index in [4.69, 9.17) is 9.47 Å². The Labute approximate surface area is 186 Å². The predicted molar refractivity (Wildman–Crippen MR) is 121 cm³/mol. The molecule has 0 amide bonds. The van der Waals surface area contributed by atoms with Crippen molar-refractivity contribution in [2.24, 2.45) is 29.6 Å². The summed E-state index contributed by atoms with van der Waals surface area (Å²) in [4.78, 5) is 3.94. The van der Waals surface area contributed by atoms with Crippen LogP contribution in [-0.4, -0.2) is 18.2 Å². The van der Waals surface area contributed by atoms with Gasteiger partial charge in [-0.1, -0.05) is 38.2 Å². The van der Waals surface area contributed by atoms with Crippen LogP contribution in [0.1, 0.15) is 83.5 Å². The minimum absolute atomic E-state index is 0.237. The average molecular weight is 428 g/mol. The van der Waals surface area contributed by atoms with Gasteiger partial charge in [-0.2, -0.15) is 9.37 Å². The van der Waals surface area contributed by atoms with Crippen LogP contribution < -0.4 is 9.47 Å². The third-order valence-corrected chi connectivity index (χ3v) is 8.36. The van der Waals surface area contributed by atoms with Gasteiger partial charge in [-0.15, -0.1) is 0 Å². The molecule has 5 rings (SSSR count). The molecule has 0 spiro atoms. The van der Waals surface area contributed by atoms with Crippen molar-refractivity contribution in [3.05, 3.63) is 29.7 Å². The van der Waals surface area contributed by atoms with E-state index in [0.29, 0.717) is 25.0 Å². The highest BCUT2D eigenvalue weighted by Crippen LogP contribution is 2.43. The highest BCUT2D eigenvalue weighted by atomic mass is 19.1. The number of halogens is 1. The highest BCUT2D eigenvalue weighted by Gasteiger charge is 2.30. The zero-order valence-electron chi connectivity index (χ0n) is 18.9. The van der Waals surface area contributed by atoms with E-state index in [1.807, 2.05) is 0 Å². The molecular formula is C27H38FNO2. The number of hydrogen-bond acceptors (Lipinski definition) is 3. The van der Waals surface area contributed by atoms with Gasteiger partial charge in [-0.25, -0.2) is 0 Å². The van der Waals surface area contributed by atoms with E-state index in [2.05, 4.69) is 11.1 Å². The van der Waals surface area contributed by atoms with E-state index in [0.717, 1.165) is 30.1 Å². The van der Waals surface area contributed by atoms with Crippen LogP contribution in [0.4, 0.5) is 4.39 Å². The Morgan fingerprint density at radius 2 is 1.61 bits per heavy atom. The first-order valence-electron chi connectivity index (χ1n) is 12.8. The Morgan fingerprint density at radius 1 is 0.839 bits per heavy atom. The second-order valence-electron chi connectivity index (χ2n) is 10.7. The molecule has 0 radical (unpaired) electrons. The number of nitrogens with zero attached hydrogens (tertiary/aromatic N) is 1. The van der Waals surface area contributed by atoms with Gasteiger partial charge in [0.2, 0.25) is 5.88 Å². The third kappa shape index (κ3) is 5.81. The van der Waals surface area contributed by atoms with Crippen LogP contribution in [0, 0.1) is 35.5 Å². The molecule has 0 bridgehead atoms. The lowest BCUT2D eigenvalue weighted by Crippen LogP contribution is -2.25. The second-order valence-corrected chi connectivity index (χ2v) is 10.7. The van der Waals surface area contributed by atoms with Gasteiger partial charge in [0, 0.05) is 6.07 Å². The molecule has 3 nitrogen and oxygen atoms in total. The molecule has 1 unspecified atom stereocenters. The zero-order valence-corrected chi connectivity index (χ0v) is 18.9. The summed E-state index contributed by atoms with van der Waals surface area (Å²) in [6, 6.07) is 3.37. The third-order valence-electron chi connectivity index (χ3n) is 8.36. The van der Waals surface area contributed by atoms with Crippen molar-refractivity contribution in [3.63, 3.8) is 0 Å². The minimum atomic E-state index is -0.566. The number of rotatable bonds is 9. The molecule has 3 fully saturated rings. The molecule has 0 saturated heterocycles. The molecule has 4 aliphatic rings. The summed E-state index contributed by atoms with van der Waals surface area (Å²) in [5.74, 6) is 4.48. The molecule has 3 saturated carbocycles. The predicted octanol–water partition coefficient (Wildman–Crippen LogP) is 7.11. The Balaban J connectivity index is 1.03. The molecular weight excluding hydrogens is 389 g/mol. The van der Waals surface area contributed by atoms with Gasteiger partial charge in [-0.05, 0) is 92.6 Å². The second kappa shape index (κ2) is 9.92. The summed E-state index contributed by atoms with van der Waals surface area (Å²) in [5.41, 5.74) is 1.34. The molecule has 1 aromatic rings. The molecule has 0 aromatic carbocycles. The molecule has 170 valence electrons. The zero-order chi connectivity index (χ0) is 21.0. The van der Waals surface area contributed by atoms with Crippen molar-refractivity contribution in [1.29, 1.82) is 0 Å². The summed E-state index contributed by atoms with van der Waals surface area (Å²) in [5, 5.41) is 0. The Kier molecular flexibility index (Phi) is 6.81. The fourth-order valence-corrected chi connectivity index (χ4v) is 5.81. The first-order chi connectivity index (χ1) is 15.2. The van der Waals surface area contributed by atoms with Gasteiger partial charge >= 0.3 is 0 Å². The van der Waals surface area contributed by atoms with E-state index in [-0.39, 0.29) is 5.75 Å². The summed E-state index contributed by atoms with van der Waals surface area (Å²) in [7, 11) is 0. The topological polar surface area (TPSA) is 31.4 Å². The number of hydrogen-bond donors (Lipinski definition) is 0. The Bertz CT molecular complexity index is 762. The lowest BCUT2D eigenvalue weighted by atomic mass is 9.68. The van der Waals surface area contributed by atoms with E-state index in [1.165, 1.54) is 82.6 Å². The van der Waals surface area contributed by atoms with Gasteiger partial charge in [0.15, 0.2) is 5.75 Å². The molecule has 0 aliphatic heterocycles. The standard InChI is InChI=1S/C27H38FNO2/c28-27-25(30-17-21-4-5-21)14-15-26(29-27)31-18-22-8-12-24(13-9-22)23-10-6-20(7-11-23)16-19-2-1-3-19/h8,14-15,19-21,23-24H,1-7,9-13,16-18H2. The maximum Gasteiger partial charge on any atom is 0.258 e. The minimum Gasteiger partial charge on any atom is -0.488 e. The molecule has 4 aliphatic carbocycles. The van der Waals surface area contributed by atoms with Gasteiger partial charge in [0.1, 0.15) is 6.61 Å². The summed E-state index contributed by atoms with van der Waals surface area (Å²) in [6.07, 6.45) is 20.2. The summed E-state index contributed by atoms with van der Waals surface area (Å²) >= 11 is 0. The van der Waals surface area contributed by atoms with Gasteiger partial charge in [0.05, 0.1) is 6.61 Å². The SMILES string of the molecule is Fc1nc(OCC2=CCC(C3CCC(CC4CCC4)CC3)CC2)ccc1OCC1CC1. The van der Waals surface area contributed by atoms with Crippen LogP contribution in [0.25, 0.3) is 0 Å². The van der Waals surface area contributed by atoms with Crippen LogP contribution in [0.15, 0.2) is 23.8 Å². The molecule has 1 heterocycles. The summed E-state index contributed by atoms with van der Waals surface area (Å²) in [6.45, 7) is 1.12. The van der Waals surface area contributed by atoms with Crippen molar-refractivity contribution in [2.45, 2.75) is 83.5 Å². The molecule has 4 heteroatoms. The van der Waals surface area contributed by atoms with E-state index >= 15 is 0 Å². The van der Waals surface area contributed by atoms with E-state index < -0.39 is 5.95 Å². The molecule has 31 heavy (non-hydrogen) atoms. The first kappa shape index (κ1) is 21.3. The van der Waals surface area contributed by atoms with Crippen LogP contribution in [0.5, 0.6) is 11.6 Å². The van der Waals surface area contributed by atoms with Gasteiger partial charge in [0.25, 0.3) is 5.95 Å². The number of allylic oxidation sites excluding steroid dienone is 1. The fraction of sp³-hybridized carbons (Fsp3) is 0.741. The van der Waals surface area contributed by atoms with Crippen LogP contribution in [0.2, 0.25) is 0 Å². The Hall–Kier alpha value is -1.58. The van der Waals surface area contributed by atoms with E-state index in [1.54, 1.807) is 12.1 Å². The first-order valence-corrected chi connectivity index (χ1v) is 12.8. The van der Waals surface area contributed by atoms with Crippen LogP contribution >= 0.6 is 0 Å². The van der Waals surface area contributed by atoms with E-state index in [9.17, 15) is 4.39 Å². The van der Waals surface area contributed by atoms with Crippen LogP contribution in [-0.2, 0) is 0 Å². The van der Waals surface area contributed by atoms with Crippen molar-refractivity contribution >= 4 is 0 Å².